The van der Waals surface area contributed by atoms with E-state index in [1.165, 1.54) is 21.9 Å². The molecule has 144 valence electrons. The Labute approximate surface area is 168 Å². The van der Waals surface area contributed by atoms with Crippen LogP contribution in [-0.4, -0.2) is 30.2 Å². The number of rotatable bonds is 6. The molecule has 4 rings (SSSR count). The van der Waals surface area contributed by atoms with Gasteiger partial charge < -0.3 is 9.22 Å². The Morgan fingerprint density at radius 2 is 1.46 bits per heavy atom. The van der Waals surface area contributed by atoms with E-state index in [4.69, 9.17) is 4.74 Å². The summed E-state index contributed by atoms with van der Waals surface area (Å²) in [5.41, 5.74) is 2.48. The van der Waals surface area contributed by atoms with Gasteiger partial charge in [-0.3, -0.25) is 0 Å². The van der Waals surface area contributed by atoms with Gasteiger partial charge in [0.1, 0.15) is 24.7 Å². The number of hydrogen-bond donors (Lipinski definition) is 0. The first-order valence-electron chi connectivity index (χ1n) is 10.2. The van der Waals surface area contributed by atoms with Gasteiger partial charge in [-0.2, -0.15) is 0 Å². The van der Waals surface area contributed by atoms with E-state index in [2.05, 4.69) is 106 Å². The van der Waals surface area contributed by atoms with Crippen LogP contribution in [0, 0.1) is 0 Å². The molecule has 0 radical (unpaired) electrons. The summed E-state index contributed by atoms with van der Waals surface area (Å²) < 4.78 is 7.53. The lowest BCUT2D eigenvalue weighted by atomic mass is 10.1. The van der Waals surface area contributed by atoms with Gasteiger partial charge in [-0.25, -0.2) is 0 Å². The van der Waals surface area contributed by atoms with Crippen LogP contribution in [0.3, 0.4) is 0 Å². The zero-order valence-corrected chi connectivity index (χ0v) is 17.1. The highest BCUT2D eigenvalue weighted by atomic mass is 16.5. The third kappa shape index (κ3) is 3.76. The highest BCUT2D eigenvalue weighted by Gasteiger charge is 2.39. The van der Waals surface area contributed by atoms with Crippen molar-refractivity contribution in [2.24, 2.45) is 0 Å². The van der Waals surface area contributed by atoms with Crippen LogP contribution in [0.4, 0.5) is 0 Å². The zero-order valence-electron chi connectivity index (χ0n) is 17.1. The SMILES string of the molecule is C[C@@H]1C=C[C@@H](C)[N+]1(C)C[C@@H](OCc1ccc2ccccc2c1)c1ccccc1. The summed E-state index contributed by atoms with van der Waals surface area (Å²) in [4.78, 5) is 0. The predicted molar refractivity (Wildman–Crippen MR) is 117 cm³/mol. The van der Waals surface area contributed by atoms with Gasteiger partial charge in [0.2, 0.25) is 0 Å². The van der Waals surface area contributed by atoms with Crippen LogP contribution in [0.2, 0.25) is 0 Å². The summed E-state index contributed by atoms with van der Waals surface area (Å²) in [7, 11) is 2.35. The minimum absolute atomic E-state index is 0.0717. The Balaban J connectivity index is 1.55. The summed E-state index contributed by atoms with van der Waals surface area (Å²) >= 11 is 0. The van der Waals surface area contributed by atoms with Gasteiger partial charge >= 0.3 is 0 Å². The van der Waals surface area contributed by atoms with Crippen molar-refractivity contribution in [2.45, 2.75) is 38.6 Å². The van der Waals surface area contributed by atoms with E-state index in [-0.39, 0.29) is 6.10 Å². The molecule has 3 atom stereocenters. The number of hydrogen-bond acceptors (Lipinski definition) is 1. The molecule has 0 aromatic heterocycles. The molecule has 0 N–H and O–H groups in total. The van der Waals surface area contributed by atoms with E-state index in [9.17, 15) is 0 Å². The van der Waals surface area contributed by atoms with Crippen LogP contribution >= 0.6 is 0 Å². The molecule has 2 heteroatoms. The van der Waals surface area contributed by atoms with Gasteiger partial charge in [0.25, 0.3) is 0 Å². The Morgan fingerprint density at radius 3 is 2.18 bits per heavy atom. The van der Waals surface area contributed by atoms with E-state index < -0.39 is 0 Å². The molecule has 1 aliphatic heterocycles. The number of likely N-dealkylation sites (N-methyl/N-ethyl adjacent to an activating group) is 1. The van der Waals surface area contributed by atoms with Crippen LogP contribution in [0.5, 0.6) is 0 Å². The second-order valence-electron chi connectivity index (χ2n) is 8.29. The maximum Gasteiger partial charge on any atom is 0.132 e. The average molecular weight is 373 g/mol. The zero-order chi connectivity index (χ0) is 19.6. The van der Waals surface area contributed by atoms with Gasteiger partial charge in [0, 0.05) is 0 Å². The third-order valence-corrected chi connectivity index (χ3v) is 6.52. The summed E-state index contributed by atoms with van der Waals surface area (Å²) in [6.07, 6.45) is 4.76. The lowest BCUT2D eigenvalue weighted by Gasteiger charge is -2.41. The molecule has 0 saturated heterocycles. The number of nitrogens with zero attached hydrogens (tertiary/aromatic N) is 1. The van der Waals surface area contributed by atoms with Crippen LogP contribution in [-0.2, 0) is 11.3 Å². The molecule has 0 spiro atoms. The van der Waals surface area contributed by atoms with Gasteiger partial charge in [-0.1, -0.05) is 66.7 Å². The van der Waals surface area contributed by atoms with E-state index in [0.29, 0.717) is 18.7 Å². The number of quaternary nitrogens is 1. The molecular weight excluding hydrogens is 342 g/mol. The quantitative estimate of drug-likeness (QED) is 0.387. The fourth-order valence-electron chi connectivity index (χ4n) is 4.22. The molecule has 0 fully saturated rings. The molecule has 1 aliphatic rings. The Hall–Kier alpha value is -2.42. The molecule has 28 heavy (non-hydrogen) atoms. The second kappa shape index (κ2) is 7.90. The van der Waals surface area contributed by atoms with Gasteiger partial charge in [-0.15, -0.1) is 0 Å². The lowest BCUT2D eigenvalue weighted by molar-refractivity contribution is -0.938. The van der Waals surface area contributed by atoms with Crippen molar-refractivity contribution in [3.05, 3.63) is 96.1 Å². The highest BCUT2D eigenvalue weighted by Crippen LogP contribution is 2.31. The first-order chi connectivity index (χ1) is 13.6. The number of benzene rings is 3. The van der Waals surface area contributed by atoms with Gasteiger partial charge in [0.05, 0.1) is 13.7 Å². The monoisotopic (exact) mass is 372 g/mol. The highest BCUT2D eigenvalue weighted by molar-refractivity contribution is 5.82. The Bertz CT molecular complexity index is 950. The predicted octanol–water partition coefficient (Wildman–Crippen LogP) is 5.89. The maximum absolute atomic E-state index is 6.54. The fourth-order valence-corrected chi connectivity index (χ4v) is 4.22. The summed E-state index contributed by atoms with van der Waals surface area (Å²) in [6.45, 7) is 6.21. The maximum atomic E-state index is 6.54. The first-order valence-corrected chi connectivity index (χ1v) is 10.2. The van der Waals surface area contributed by atoms with Crippen LogP contribution in [0.25, 0.3) is 10.8 Å². The molecule has 0 amide bonds. The summed E-state index contributed by atoms with van der Waals surface area (Å²) in [5.74, 6) is 0. The third-order valence-electron chi connectivity index (χ3n) is 6.52. The van der Waals surface area contributed by atoms with Crippen molar-refractivity contribution in [3.8, 4) is 0 Å². The number of ether oxygens (including phenoxy) is 1. The lowest BCUT2D eigenvalue weighted by Crippen LogP contribution is -2.54. The molecule has 2 nitrogen and oxygen atoms in total. The minimum Gasteiger partial charge on any atom is -0.363 e. The van der Waals surface area contributed by atoms with Crippen LogP contribution in [0.15, 0.2) is 84.9 Å². The van der Waals surface area contributed by atoms with Crippen LogP contribution in [0.1, 0.15) is 31.1 Å². The molecule has 0 saturated carbocycles. The molecule has 3 aromatic rings. The van der Waals surface area contributed by atoms with Crippen molar-refractivity contribution >= 4 is 10.8 Å². The smallest absolute Gasteiger partial charge is 0.132 e. The average Bonchev–Trinajstić information content (AvgIpc) is 2.99. The molecule has 0 bridgehead atoms. The van der Waals surface area contributed by atoms with Crippen molar-refractivity contribution in [2.75, 3.05) is 13.6 Å². The van der Waals surface area contributed by atoms with E-state index >= 15 is 0 Å². The number of fused-ring (bicyclic) bond motifs is 1. The topological polar surface area (TPSA) is 9.23 Å². The van der Waals surface area contributed by atoms with Crippen molar-refractivity contribution in [3.63, 3.8) is 0 Å². The molecule has 0 unspecified atom stereocenters. The van der Waals surface area contributed by atoms with Crippen LogP contribution < -0.4 is 0 Å². The fraction of sp³-hybridized carbons (Fsp3) is 0.308. The van der Waals surface area contributed by atoms with E-state index in [1.807, 2.05) is 0 Å². The first kappa shape index (κ1) is 18.9. The van der Waals surface area contributed by atoms with E-state index in [1.54, 1.807) is 0 Å². The summed E-state index contributed by atoms with van der Waals surface area (Å²) in [6, 6.07) is 26.8. The molecular formula is C26H30NO+. The van der Waals surface area contributed by atoms with Crippen molar-refractivity contribution in [1.29, 1.82) is 0 Å². The second-order valence-corrected chi connectivity index (χ2v) is 8.29. The minimum atomic E-state index is 0.0717. The van der Waals surface area contributed by atoms with Gasteiger partial charge in [0.15, 0.2) is 0 Å². The van der Waals surface area contributed by atoms with Crippen molar-refractivity contribution < 1.29 is 9.22 Å². The molecule has 3 aromatic carbocycles. The normalized spacial score (nSPS) is 21.8. The van der Waals surface area contributed by atoms with E-state index in [0.717, 1.165) is 11.0 Å². The summed E-state index contributed by atoms with van der Waals surface area (Å²) in [5, 5.41) is 2.54. The largest absolute Gasteiger partial charge is 0.363 e. The molecule has 0 aliphatic carbocycles. The Kier molecular flexibility index (Phi) is 5.34. The van der Waals surface area contributed by atoms with Gasteiger partial charge in [-0.05, 0) is 54.0 Å². The molecule has 1 heterocycles. The van der Waals surface area contributed by atoms with Crippen molar-refractivity contribution in [1.82, 2.24) is 0 Å². The Morgan fingerprint density at radius 1 is 0.821 bits per heavy atom. The standard InChI is InChI=1S/C26H30NO/c1-20-13-14-21(2)27(20,3)18-26(24-10-5-4-6-11-24)28-19-22-15-16-23-9-7-8-12-25(23)17-22/h4-17,20-21,26H,18-19H2,1-3H3/q+1/t20-,21-,26-/m1/s1.